The zero-order chi connectivity index (χ0) is 15.5. The minimum absolute atomic E-state index is 0.000712. The number of nitrogens with zero attached hydrogens (tertiary/aromatic N) is 2. The zero-order valence-electron chi connectivity index (χ0n) is 11.1. The van der Waals surface area contributed by atoms with Crippen LogP contribution < -0.4 is 11.1 Å². The number of aromatic nitrogens is 2. The summed E-state index contributed by atoms with van der Waals surface area (Å²) < 4.78 is 5.06. The molecule has 3 rings (SSSR count). The van der Waals surface area contributed by atoms with Gasteiger partial charge in [-0.3, -0.25) is 14.9 Å². The molecule has 8 heteroatoms. The maximum Gasteiger partial charge on any atom is 0.258 e. The number of carbonyl (C=O) groups excluding carboxylic acids is 2. The Morgan fingerprint density at radius 1 is 1.23 bits per heavy atom. The second kappa shape index (κ2) is 5.78. The standard InChI is InChI=1S/C14H10N4O3S/c15-11(19)9-10(14-16-6-7-22-14)18-21-13(9)17-12(20)8-4-2-1-3-5-8/h1-7H,(H2,15,19)(H,17,20). The number of carbonyl (C=O) groups is 2. The van der Waals surface area contributed by atoms with Crippen molar-refractivity contribution in [1.29, 1.82) is 0 Å². The Labute approximate surface area is 128 Å². The van der Waals surface area contributed by atoms with Gasteiger partial charge in [0.25, 0.3) is 11.8 Å². The van der Waals surface area contributed by atoms with Gasteiger partial charge in [0.15, 0.2) is 5.69 Å². The molecule has 0 spiro atoms. The first-order valence-corrected chi connectivity index (χ1v) is 7.10. The predicted octanol–water partition coefficient (Wildman–Crippen LogP) is 2.15. The van der Waals surface area contributed by atoms with Crippen molar-refractivity contribution >= 4 is 29.0 Å². The van der Waals surface area contributed by atoms with Gasteiger partial charge in [0, 0.05) is 17.1 Å². The summed E-state index contributed by atoms with van der Waals surface area (Å²) in [4.78, 5) is 27.8. The number of amides is 2. The second-order valence-electron chi connectivity index (χ2n) is 4.26. The molecule has 0 aliphatic heterocycles. The van der Waals surface area contributed by atoms with Crippen molar-refractivity contribution < 1.29 is 14.1 Å². The van der Waals surface area contributed by atoms with Gasteiger partial charge >= 0.3 is 0 Å². The summed E-state index contributed by atoms with van der Waals surface area (Å²) in [6.07, 6.45) is 1.57. The highest BCUT2D eigenvalue weighted by atomic mass is 32.1. The highest BCUT2D eigenvalue weighted by Crippen LogP contribution is 2.29. The molecule has 0 fully saturated rings. The van der Waals surface area contributed by atoms with E-state index in [1.165, 1.54) is 11.3 Å². The number of anilines is 1. The van der Waals surface area contributed by atoms with Crippen molar-refractivity contribution in [3.63, 3.8) is 0 Å². The number of primary amides is 1. The Hall–Kier alpha value is -3.00. The van der Waals surface area contributed by atoms with Gasteiger partial charge in [-0.2, -0.15) is 0 Å². The quantitative estimate of drug-likeness (QED) is 0.766. The summed E-state index contributed by atoms with van der Waals surface area (Å²) in [5.74, 6) is -1.27. The molecule has 22 heavy (non-hydrogen) atoms. The third kappa shape index (κ3) is 2.59. The lowest BCUT2D eigenvalue weighted by molar-refractivity contribution is 0.100. The van der Waals surface area contributed by atoms with Crippen LogP contribution in [0.25, 0.3) is 10.7 Å². The first-order valence-electron chi connectivity index (χ1n) is 6.22. The third-order valence-corrected chi connectivity index (χ3v) is 3.62. The summed E-state index contributed by atoms with van der Waals surface area (Å²) in [5, 5.41) is 8.50. The van der Waals surface area contributed by atoms with Crippen molar-refractivity contribution in [3.05, 3.63) is 53.0 Å². The van der Waals surface area contributed by atoms with Crippen LogP contribution in [0, 0.1) is 0 Å². The molecule has 0 aliphatic carbocycles. The number of benzene rings is 1. The highest BCUT2D eigenvalue weighted by molar-refractivity contribution is 7.13. The van der Waals surface area contributed by atoms with Gasteiger partial charge in [-0.15, -0.1) is 11.3 Å². The lowest BCUT2D eigenvalue weighted by Gasteiger charge is -2.02. The van der Waals surface area contributed by atoms with E-state index in [1.54, 1.807) is 41.9 Å². The number of hydrogen-bond acceptors (Lipinski definition) is 6. The average molecular weight is 314 g/mol. The molecular formula is C14H10N4O3S. The van der Waals surface area contributed by atoms with Crippen molar-refractivity contribution in [3.8, 4) is 10.7 Å². The summed E-state index contributed by atoms with van der Waals surface area (Å²) in [6.45, 7) is 0. The van der Waals surface area contributed by atoms with Gasteiger partial charge in [-0.25, -0.2) is 4.98 Å². The first kappa shape index (κ1) is 14.0. The van der Waals surface area contributed by atoms with Crippen molar-refractivity contribution in [2.45, 2.75) is 0 Å². The molecule has 2 amide bonds. The highest BCUT2D eigenvalue weighted by Gasteiger charge is 2.25. The number of hydrogen-bond donors (Lipinski definition) is 2. The van der Waals surface area contributed by atoms with Gasteiger partial charge in [0.2, 0.25) is 5.88 Å². The molecule has 7 nitrogen and oxygen atoms in total. The number of thiazole rings is 1. The zero-order valence-corrected chi connectivity index (χ0v) is 12.0. The normalized spacial score (nSPS) is 10.4. The van der Waals surface area contributed by atoms with E-state index in [1.807, 2.05) is 0 Å². The molecule has 0 radical (unpaired) electrons. The number of rotatable bonds is 4. The summed E-state index contributed by atoms with van der Waals surface area (Å²) >= 11 is 1.28. The van der Waals surface area contributed by atoms with Crippen molar-refractivity contribution in [2.24, 2.45) is 5.73 Å². The van der Waals surface area contributed by atoms with Crippen molar-refractivity contribution in [1.82, 2.24) is 10.1 Å². The molecule has 3 N–H and O–H groups in total. The van der Waals surface area contributed by atoms with E-state index in [9.17, 15) is 9.59 Å². The molecule has 0 aliphatic rings. The SMILES string of the molecule is NC(=O)c1c(-c2nccs2)noc1NC(=O)c1ccccc1. The van der Waals surface area contributed by atoms with Crippen molar-refractivity contribution in [2.75, 3.05) is 5.32 Å². The van der Waals surface area contributed by atoms with Gasteiger partial charge in [0.05, 0.1) is 0 Å². The van der Waals surface area contributed by atoms with Gasteiger partial charge in [-0.05, 0) is 12.1 Å². The van der Waals surface area contributed by atoms with Gasteiger partial charge in [-0.1, -0.05) is 23.4 Å². The monoisotopic (exact) mass is 314 g/mol. The molecule has 2 aromatic heterocycles. The lowest BCUT2D eigenvalue weighted by Crippen LogP contribution is -2.17. The third-order valence-electron chi connectivity index (χ3n) is 2.84. The Bertz CT molecular complexity index is 812. The lowest BCUT2D eigenvalue weighted by atomic mass is 10.2. The first-order chi connectivity index (χ1) is 10.7. The van der Waals surface area contributed by atoms with Crippen LogP contribution in [-0.4, -0.2) is 22.0 Å². The van der Waals surface area contributed by atoms with Gasteiger partial charge in [0.1, 0.15) is 10.6 Å². The number of nitrogens with one attached hydrogen (secondary N) is 1. The Morgan fingerprint density at radius 2 is 2.00 bits per heavy atom. The van der Waals surface area contributed by atoms with E-state index >= 15 is 0 Å². The number of nitrogens with two attached hydrogens (primary N) is 1. The Morgan fingerprint density at radius 3 is 2.64 bits per heavy atom. The molecule has 0 saturated heterocycles. The molecular weight excluding hydrogens is 304 g/mol. The van der Waals surface area contributed by atoms with E-state index in [0.29, 0.717) is 10.6 Å². The minimum Gasteiger partial charge on any atom is -0.365 e. The van der Waals surface area contributed by atoms with Crippen LogP contribution in [0.3, 0.4) is 0 Å². The van der Waals surface area contributed by atoms with Crippen LogP contribution in [0.2, 0.25) is 0 Å². The van der Waals surface area contributed by atoms with E-state index in [0.717, 1.165) is 0 Å². The van der Waals surface area contributed by atoms with Crippen LogP contribution >= 0.6 is 11.3 Å². The smallest absolute Gasteiger partial charge is 0.258 e. The largest absolute Gasteiger partial charge is 0.365 e. The molecule has 0 bridgehead atoms. The fraction of sp³-hybridized carbons (Fsp3) is 0. The Balaban J connectivity index is 1.95. The maximum atomic E-state index is 12.1. The van der Waals surface area contributed by atoms with E-state index < -0.39 is 11.8 Å². The van der Waals surface area contributed by atoms with Crippen LogP contribution in [0.1, 0.15) is 20.7 Å². The van der Waals surface area contributed by atoms with E-state index in [4.69, 9.17) is 10.3 Å². The summed E-state index contributed by atoms with van der Waals surface area (Å²) in [5.41, 5.74) is 6.00. The Kier molecular flexibility index (Phi) is 3.67. The van der Waals surface area contributed by atoms with Crippen LogP contribution in [0.5, 0.6) is 0 Å². The van der Waals surface area contributed by atoms with Crippen LogP contribution in [0.15, 0.2) is 46.4 Å². The fourth-order valence-electron chi connectivity index (χ4n) is 1.86. The van der Waals surface area contributed by atoms with E-state index in [-0.39, 0.29) is 17.1 Å². The van der Waals surface area contributed by atoms with E-state index in [2.05, 4.69) is 15.5 Å². The molecule has 0 unspecified atom stereocenters. The van der Waals surface area contributed by atoms with Gasteiger partial charge < -0.3 is 10.3 Å². The summed E-state index contributed by atoms with van der Waals surface area (Å²) in [7, 11) is 0. The topological polar surface area (TPSA) is 111 Å². The molecule has 0 atom stereocenters. The minimum atomic E-state index is -0.755. The molecule has 0 saturated carbocycles. The predicted molar refractivity (Wildman–Crippen MR) is 80.5 cm³/mol. The fourth-order valence-corrected chi connectivity index (χ4v) is 2.48. The van der Waals surface area contributed by atoms with Crippen LogP contribution in [-0.2, 0) is 0 Å². The maximum absolute atomic E-state index is 12.1. The summed E-state index contributed by atoms with van der Waals surface area (Å²) in [6, 6.07) is 8.52. The average Bonchev–Trinajstić information content (AvgIpc) is 3.16. The molecule has 1 aromatic carbocycles. The molecule has 3 aromatic rings. The van der Waals surface area contributed by atoms with Crippen LogP contribution in [0.4, 0.5) is 5.88 Å². The molecule has 2 heterocycles. The molecule has 110 valence electrons. The second-order valence-corrected chi connectivity index (χ2v) is 5.15.